The Kier molecular flexibility index (Phi) is 5.62. The predicted molar refractivity (Wildman–Crippen MR) is 74.7 cm³/mol. The van der Waals surface area contributed by atoms with Gasteiger partial charge >= 0.3 is 0 Å². The molecule has 2 N–H and O–H groups in total. The molecule has 17 heavy (non-hydrogen) atoms. The number of hydrogen-bond acceptors (Lipinski definition) is 3. The Morgan fingerprint density at radius 3 is 2.35 bits per heavy atom. The van der Waals surface area contributed by atoms with Crippen molar-refractivity contribution in [3.63, 3.8) is 0 Å². The summed E-state index contributed by atoms with van der Waals surface area (Å²) in [5, 5.41) is 0. The minimum Gasteiger partial charge on any atom is -0.330 e. The summed E-state index contributed by atoms with van der Waals surface area (Å²) in [5.41, 5.74) is 6.87. The van der Waals surface area contributed by atoms with Crippen LogP contribution in [-0.4, -0.2) is 27.0 Å². The molecular formula is C12H18BrNO2S. The highest BCUT2D eigenvalue weighted by Crippen LogP contribution is 2.15. The lowest BCUT2D eigenvalue weighted by Gasteiger charge is -2.14. The van der Waals surface area contributed by atoms with Gasteiger partial charge in [0.1, 0.15) is 9.84 Å². The molecule has 0 saturated heterocycles. The van der Waals surface area contributed by atoms with Crippen LogP contribution in [0.4, 0.5) is 0 Å². The summed E-state index contributed by atoms with van der Waals surface area (Å²) >= 11 is 3.38. The molecule has 0 saturated carbocycles. The van der Waals surface area contributed by atoms with Crippen molar-refractivity contribution in [3.05, 3.63) is 34.3 Å². The molecule has 0 amide bonds. The highest BCUT2D eigenvalue weighted by Gasteiger charge is 2.11. The number of nitrogens with two attached hydrogens (primary N) is 1. The van der Waals surface area contributed by atoms with Gasteiger partial charge in [0.15, 0.2) is 0 Å². The third-order valence-corrected chi connectivity index (χ3v) is 4.17. The van der Waals surface area contributed by atoms with Gasteiger partial charge < -0.3 is 5.73 Å². The second-order valence-electron chi connectivity index (χ2n) is 4.35. The minimum atomic E-state index is -2.89. The van der Waals surface area contributed by atoms with Gasteiger partial charge in [-0.25, -0.2) is 8.42 Å². The third kappa shape index (κ3) is 6.19. The molecule has 1 unspecified atom stereocenters. The lowest BCUT2D eigenvalue weighted by molar-refractivity contribution is 0.512. The van der Waals surface area contributed by atoms with Gasteiger partial charge in [0.2, 0.25) is 0 Å². The maximum absolute atomic E-state index is 11.1. The van der Waals surface area contributed by atoms with Crippen LogP contribution in [0.5, 0.6) is 0 Å². The van der Waals surface area contributed by atoms with Gasteiger partial charge in [-0.2, -0.15) is 0 Å². The van der Waals surface area contributed by atoms with E-state index in [1.54, 1.807) is 0 Å². The van der Waals surface area contributed by atoms with E-state index in [0.717, 1.165) is 10.9 Å². The largest absolute Gasteiger partial charge is 0.330 e. The van der Waals surface area contributed by atoms with Crippen molar-refractivity contribution >= 4 is 25.8 Å². The van der Waals surface area contributed by atoms with Gasteiger partial charge in [0.05, 0.1) is 5.75 Å². The van der Waals surface area contributed by atoms with Crippen molar-refractivity contribution < 1.29 is 8.42 Å². The topological polar surface area (TPSA) is 60.2 Å². The normalized spacial score (nSPS) is 13.6. The number of halogens is 1. The molecule has 1 aromatic rings. The lowest BCUT2D eigenvalue weighted by Crippen LogP contribution is -2.20. The molecule has 0 radical (unpaired) electrons. The minimum absolute atomic E-state index is 0.214. The summed E-state index contributed by atoms with van der Waals surface area (Å²) in [6.45, 7) is 0.519. The maximum atomic E-state index is 11.1. The molecule has 0 aliphatic carbocycles. The van der Waals surface area contributed by atoms with Crippen molar-refractivity contribution in [1.82, 2.24) is 0 Å². The van der Waals surface area contributed by atoms with E-state index in [1.807, 2.05) is 24.3 Å². The first-order chi connectivity index (χ1) is 7.90. The fraction of sp³-hybridized carbons (Fsp3) is 0.500. The summed E-state index contributed by atoms with van der Waals surface area (Å²) in [6, 6.07) is 8.04. The summed E-state index contributed by atoms with van der Waals surface area (Å²) in [4.78, 5) is 0. The highest BCUT2D eigenvalue weighted by molar-refractivity contribution is 9.10. The van der Waals surface area contributed by atoms with Gasteiger partial charge in [-0.15, -0.1) is 0 Å². The molecule has 96 valence electrons. The summed E-state index contributed by atoms with van der Waals surface area (Å²) in [5.74, 6) is 0.441. The van der Waals surface area contributed by atoms with Gasteiger partial charge in [0.25, 0.3) is 0 Å². The second-order valence-corrected chi connectivity index (χ2v) is 7.53. The summed E-state index contributed by atoms with van der Waals surface area (Å²) in [6.07, 6.45) is 2.73. The van der Waals surface area contributed by atoms with E-state index in [9.17, 15) is 8.42 Å². The summed E-state index contributed by atoms with van der Waals surface area (Å²) < 4.78 is 23.2. The van der Waals surface area contributed by atoms with Gasteiger partial charge in [-0.05, 0) is 43.0 Å². The van der Waals surface area contributed by atoms with Crippen LogP contribution < -0.4 is 5.73 Å². The highest BCUT2D eigenvalue weighted by atomic mass is 79.9. The Labute approximate surface area is 111 Å². The molecule has 3 nitrogen and oxygen atoms in total. The molecule has 0 heterocycles. The molecule has 0 fully saturated rings. The van der Waals surface area contributed by atoms with Crippen molar-refractivity contribution in [3.8, 4) is 0 Å². The zero-order valence-electron chi connectivity index (χ0n) is 9.90. The molecule has 0 bridgehead atoms. The monoisotopic (exact) mass is 319 g/mol. The van der Waals surface area contributed by atoms with Crippen LogP contribution >= 0.6 is 15.9 Å². The van der Waals surface area contributed by atoms with E-state index in [4.69, 9.17) is 5.73 Å². The maximum Gasteiger partial charge on any atom is 0.147 e. The van der Waals surface area contributed by atoms with Crippen LogP contribution in [-0.2, 0) is 16.3 Å². The molecule has 1 aromatic carbocycles. The van der Waals surface area contributed by atoms with E-state index < -0.39 is 9.84 Å². The standard InChI is InChI=1S/C12H18BrNO2S/c1-17(15,16)7-6-11(9-14)8-10-2-4-12(13)5-3-10/h2-5,11H,6-9,14H2,1H3. The number of benzene rings is 1. The Bertz CT molecular complexity index is 442. The molecule has 0 aromatic heterocycles. The zero-order valence-corrected chi connectivity index (χ0v) is 12.3. The average Bonchev–Trinajstić information content (AvgIpc) is 2.25. The molecule has 1 atom stereocenters. The van der Waals surface area contributed by atoms with Crippen molar-refractivity contribution in [1.29, 1.82) is 0 Å². The molecule has 0 aliphatic heterocycles. The van der Waals surface area contributed by atoms with Crippen LogP contribution in [0, 0.1) is 5.92 Å². The third-order valence-electron chi connectivity index (χ3n) is 2.67. The first-order valence-electron chi connectivity index (χ1n) is 5.53. The smallest absolute Gasteiger partial charge is 0.147 e. The Balaban J connectivity index is 2.55. The van der Waals surface area contributed by atoms with Crippen LogP contribution in [0.2, 0.25) is 0 Å². The molecule has 0 aliphatic rings. The fourth-order valence-corrected chi connectivity index (χ4v) is 2.66. The summed E-state index contributed by atoms with van der Waals surface area (Å²) in [7, 11) is -2.89. The van der Waals surface area contributed by atoms with E-state index >= 15 is 0 Å². The quantitative estimate of drug-likeness (QED) is 0.872. The lowest BCUT2D eigenvalue weighted by atomic mass is 9.97. The molecule has 1 rings (SSSR count). The first-order valence-corrected chi connectivity index (χ1v) is 8.38. The van der Waals surface area contributed by atoms with Crippen molar-refractivity contribution in [2.45, 2.75) is 12.8 Å². The second kappa shape index (κ2) is 6.52. The van der Waals surface area contributed by atoms with Crippen LogP contribution in [0.15, 0.2) is 28.7 Å². The number of rotatable bonds is 6. The van der Waals surface area contributed by atoms with Crippen LogP contribution in [0.25, 0.3) is 0 Å². The van der Waals surface area contributed by atoms with E-state index in [1.165, 1.54) is 11.8 Å². The first kappa shape index (κ1) is 14.7. The van der Waals surface area contributed by atoms with Crippen molar-refractivity contribution in [2.75, 3.05) is 18.6 Å². The van der Waals surface area contributed by atoms with Crippen molar-refractivity contribution in [2.24, 2.45) is 11.7 Å². The van der Waals surface area contributed by atoms with E-state index in [-0.39, 0.29) is 11.7 Å². The van der Waals surface area contributed by atoms with Gasteiger partial charge in [-0.3, -0.25) is 0 Å². The molecular weight excluding hydrogens is 302 g/mol. The Morgan fingerprint density at radius 1 is 1.29 bits per heavy atom. The van der Waals surface area contributed by atoms with E-state index in [2.05, 4.69) is 15.9 Å². The number of sulfone groups is 1. The zero-order chi connectivity index (χ0) is 12.9. The molecule has 5 heteroatoms. The van der Waals surface area contributed by atoms with Crippen LogP contribution in [0.3, 0.4) is 0 Å². The van der Waals surface area contributed by atoms with E-state index in [0.29, 0.717) is 13.0 Å². The number of hydrogen-bond donors (Lipinski definition) is 1. The fourth-order valence-electron chi connectivity index (χ4n) is 1.64. The SMILES string of the molecule is CS(=O)(=O)CCC(CN)Cc1ccc(Br)cc1. The Hall–Kier alpha value is -0.390. The van der Waals surface area contributed by atoms with Gasteiger partial charge in [0, 0.05) is 10.7 Å². The predicted octanol–water partition coefficient (Wildman–Crippen LogP) is 2.00. The molecule has 0 spiro atoms. The van der Waals surface area contributed by atoms with Gasteiger partial charge in [-0.1, -0.05) is 28.1 Å². The average molecular weight is 320 g/mol. The van der Waals surface area contributed by atoms with Crippen LogP contribution in [0.1, 0.15) is 12.0 Å². The Morgan fingerprint density at radius 2 is 1.88 bits per heavy atom.